The summed E-state index contributed by atoms with van der Waals surface area (Å²) < 4.78 is 37.9. The van der Waals surface area contributed by atoms with Crippen LogP contribution in [-0.2, 0) is 16.5 Å². The molecule has 0 radical (unpaired) electrons. The van der Waals surface area contributed by atoms with Crippen molar-refractivity contribution in [3.63, 3.8) is 0 Å². The van der Waals surface area contributed by atoms with E-state index in [1.165, 1.54) is 33.9 Å². The van der Waals surface area contributed by atoms with Crippen LogP contribution in [0.5, 0.6) is 5.75 Å². The molecule has 1 aromatic carbocycles. The predicted molar refractivity (Wildman–Crippen MR) is 78.8 cm³/mol. The van der Waals surface area contributed by atoms with Crippen LogP contribution in [-0.4, -0.2) is 20.1 Å². The number of ether oxygens (including phenoxy) is 1. The van der Waals surface area contributed by atoms with Crippen molar-refractivity contribution >= 4 is 43.0 Å². The van der Waals surface area contributed by atoms with Crippen LogP contribution in [0.1, 0.15) is 12.6 Å². The first-order valence-electron chi connectivity index (χ1n) is 5.22. The van der Waals surface area contributed by atoms with E-state index < -0.39 is 10.1 Å². The number of rotatable bonds is 2. The van der Waals surface area contributed by atoms with E-state index in [0.717, 1.165) is 25.4 Å². The predicted octanol–water partition coefficient (Wildman–Crippen LogP) is 0.482. The van der Waals surface area contributed by atoms with Crippen LogP contribution in [0.2, 0.25) is 0 Å². The van der Waals surface area contributed by atoms with Crippen LogP contribution < -0.4 is 34.3 Å². The van der Waals surface area contributed by atoms with Gasteiger partial charge in [-0.3, -0.25) is 4.55 Å². The third-order valence-corrected chi connectivity index (χ3v) is 7.05. The number of hydrogen-bond acceptors (Lipinski definition) is 6. The van der Waals surface area contributed by atoms with Crippen molar-refractivity contribution in [3.05, 3.63) is 27.1 Å². The Morgan fingerprint density at radius 3 is 2.70 bits per heavy atom. The zero-order chi connectivity index (χ0) is 13.8. The van der Waals surface area contributed by atoms with Crippen LogP contribution in [0.15, 0.2) is 17.0 Å². The molecule has 0 unspecified atom stereocenters. The van der Waals surface area contributed by atoms with E-state index in [1.54, 1.807) is 6.07 Å². The van der Waals surface area contributed by atoms with Gasteiger partial charge in [0.2, 0.25) is 0 Å². The molecule has 102 valence electrons. The Morgan fingerprint density at radius 2 is 2.10 bits per heavy atom. The van der Waals surface area contributed by atoms with Gasteiger partial charge in [0.1, 0.15) is 14.5 Å². The van der Waals surface area contributed by atoms with Crippen LogP contribution in [0, 0.1) is 3.82 Å². The molecule has 4 nitrogen and oxygen atoms in total. The van der Waals surface area contributed by atoms with Crippen molar-refractivity contribution in [3.8, 4) is 16.2 Å². The van der Waals surface area contributed by atoms with Gasteiger partial charge in [0, 0.05) is 12.0 Å². The molecule has 0 aliphatic heterocycles. The van der Waals surface area contributed by atoms with Gasteiger partial charge in [0.25, 0.3) is 10.1 Å². The molecule has 0 atom stereocenters. The summed E-state index contributed by atoms with van der Waals surface area (Å²) in [5.74, 6) is 0.158. The van der Waals surface area contributed by atoms with E-state index in [9.17, 15) is 13.0 Å². The Bertz CT molecular complexity index is 840. The molecule has 0 saturated heterocycles. The van der Waals surface area contributed by atoms with Crippen molar-refractivity contribution in [1.82, 2.24) is 0 Å². The molecule has 20 heavy (non-hydrogen) atoms. The van der Waals surface area contributed by atoms with Gasteiger partial charge < -0.3 is 6.16 Å². The first-order chi connectivity index (χ1) is 8.91. The number of fused-ring (bicyclic) bond motifs is 3. The summed E-state index contributed by atoms with van der Waals surface area (Å²) in [6.07, 6.45) is 0.686. The maximum Gasteiger partial charge on any atom is 1.00 e. The van der Waals surface area contributed by atoms with Crippen LogP contribution >= 0.6 is 32.9 Å². The van der Waals surface area contributed by atoms with Gasteiger partial charge >= 0.3 is 29.6 Å². The molecule has 0 spiro atoms. The number of hydrogen-bond donors (Lipinski definition) is 1. The van der Waals surface area contributed by atoms with E-state index in [-0.39, 0.29) is 41.6 Å². The molecule has 0 bridgehead atoms. The Labute approximate surface area is 152 Å². The normalized spacial score (nSPS) is 12.5. The summed E-state index contributed by atoms with van der Waals surface area (Å²) in [6, 6.07) is 3.12. The molecule has 0 saturated carbocycles. The zero-order valence-electron chi connectivity index (χ0n) is 11.7. The van der Waals surface area contributed by atoms with Gasteiger partial charge in [-0.15, -0.1) is 0 Å². The summed E-state index contributed by atoms with van der Waals surface area (Å²) in [5, 5.41) is 0. The monoisotopic (exact) mass is 356 g/mol. The average Bonchev–Trinajstić information content (AvgIpc) is 2.86. The van der Waals surface area contributed by atoms with E-state index in [4.69, 9.17) is 17.0 Å². The smallest absolute Gasteiger partial charge is 1.00 e. The van der Waals surface area contributed by atoms with Crippen molar-refractivity contribution in [1.29, 1.82) is 0 Å². The molecule has 1 aliphatic rings. The molecule has 0 amide bonds. The van der Waals surface area contributed by atoms with Crippen molar-refractivity contribution < 1.29 is 48.7 Å². The van der Waals surface area contributed by atoms with E-state index in [1.807, 2.05) is 0 Å². The molecule has 1 aliphatic carbocycles. The summed E-state index contributed by atoms with van der Waals surface area (Å²) in [6.45, 7) is 0. The fraction of sp³-hybridized carbons (Fsp3) is 0.182. The first-order valence-corrected chi connectivity index (χ1v) is 9.22. The minimum atomic E-state index is -4.31. The van der Waals surface area contributed by atoms with Crippen LogP contribution in [0.25, 0.3) is 10.4 Å². The quantitative estimate of drug-likeness (QED) is 0.313. The average molecular weight is 356 g/mol. The molecular weight excluding hydrogens is 347 g/mol. The number of methoxy groups -OCH3 is 1. The molecular formula is C11H9NaO4S4. The molecule has 9 heteroatoms. The fourth-order valence-electron chi connectivity index (χ4n) is 2.14. The summed E-state index contributed by atoms with van der Waals surface area (Å²) in [4.78, 5) is 0.795. The van der Waals surface area contributed by atoms with Crippen molar-refractivity contribution in [2.45, 2.75) is 11.3 Å². The molecule has 1 N–H and O–H groups in total. The van der Waals surface area contributed by atoms with E-state index >= 15 is 0 Å². The maximum atomic E-state index is 11.4. The Balaban J connectivity index is 0.00000110. The minimum absolute atomic E-state index is 0. The van der Waals surface area contributed by atoms with Crippen LogP contribution in [0.4, 0.5) is 0 Å². The van der Waals surface area contributed by atoms with E-state index in [0.29, 0.717) is 6.42 Å². The van der Waals surface area contributed by atoms with Crippen LogP contribution in [0.3, 0.4) is 0 Å². The fourth-order valence-corrected chi connectivity index (χ4v) is 5.76. The molecule has 3 rings (SSSR count). The van der Waals surface area contributed by atoms with Gasteiger partial charge in [-0.25, -0.2) is 0 Å². The first kappa shape index (κ1) is 16.6. The second kappa shape index (κ2) is 5.77. The zero-order valence-corrected chi connectivity index (χ0v) is 15.9. The summed E-state index contributed by atoms with van der Waals surface area (Å²) in [5.41, 5.74) is 2.86. The standard InChI is InChI=1S/C11H8O4S4.Na.H/c1-15-8-3-5-2-7-10(17-18-11(7)16)6(5)4-9(8)19(12,13)14;;/h3-4H,2H2,1H3,(H,12,13,14);;/q;+1;-1. The molecule has 1 heterocycles. The largest absolute Gasteiger partial charge is 1.00 e. The van der Waals surface area contributed by atoms with Gasteiger partial charge in [-0.2, -0.15) is 8.42 Å². The van der Waals surface area contributed by atoms with Gasteiger partial charge in [0.15, 0.2) is 0 Å². The second-order valence-electron chi connectivity index (χ2n) is 4.07. The topological polar surface area (TPSA) is 63.6 Å². The van der Waals surface area contributed by atoms with Gasteiger partial charge in [0.05, 0.1) is 12.0 Å². The van der Waals surface area contributed by atoms with Crippen molar-refractivity contribution in [2.24, 2.45) is 0 Å². The van der Waals surface area contributed by atoms with E-state index in [2.05, 4.69) is 0 Å². The van der Waals surface area contributed by atoms with Gasteiger partial charge in [-0.1, -0.05) is 32.9 Å². The molecule has 2 aromatic rings. The number of benzene rings is 1. The Morgan fingerprint density at radius 1 is 1.40 bits per heavy atom. The summed E-state index contributed by atoms with van der Waals surface area (Å²) in [7, 11) is 0.112. The molecule has 0 fully saturated rings. The summed E-state index contributed by atoms with van der Waals surface area (Å²) >= 11 is 5.26. The Hall–Kier alpha value is 0.200. The molecule has 1 aromatic heterocycles. The Kier molecular flexibility index (Phi) is 4.78. The maximum absolute atomic E-state index is 11.4. The van der Waals surface area contributed by atoms with Crippen molar-refractivity contribution in [2.75, 3.05) is 7.11 Å². The van der Waals surface area contributed by atoms with Gasteiger partial charge in [-0.05, 0) is 23.3 Å². The third-order valence-electron chi connectivity index (χ3n) is 3.00. The second-order valence-corrected chi connectivity index (χ2v) is 8.28. The minimum Gasteiger partial charge on any atom is -1.00 e. The SMILES string of the molecule is COc1cc2c(cc1S(=O)(=O)O)-c1ssc(=S)c1C2.[H-].[Na+]. The third kappa shape index (κ3) is 2.64.